The fourth-order valence-corrected chi connectivity index (χ4v) is 5.99. The fourth-order valence-electron chi connectivity index (χ4n) is 4.76. The largest absolute Gasteiger partial charge is 0.416 e. The van der Waals surface area contributed by atoms with Crippen molar-refractivity contribution in [2.45, 2.75) is 0 Å². The summed E-state index contributed by atoms with van der Waals surface area (Å²) in [7, 11) is 0. The van der Waals surface area contributed by atoms with Crippen molar-refractivity contribution in [1.82, 2.24) is 10.2 Å². The van der Waals surface area contributed by atoms with Crippen LogP contribution < -0.4 is 0 Å². The summed E-state index contributed by atoms with van der Waals surface area (Å²) in [5, 5.41) is 11.1. The highest BCUT2D eigenvalue weighted by Gasteiger charge is 2.15. The van der Waals surface area contributed by atoms with Crippen LogP contribution in [0.3, 0.4) is 0 Å². The van der Waals surface area contributed by atoms with Gasteiger partial charge >= 0.3 is 0 Å². The van der Waals surface area contributed by atoms with Crippen LogP contribution in [-0.2, 0) is 0 Å². The Morgan fingerprint density at radius 2 is 1.03 bits per heavy atom. The molecule has 5 aromatic carbocycles. The van der Waals surface area contributed by atoms with E-state index in [1.165, 1.54) is 36.9 Å². The molecule has 0 atom stereocenters. The summed E-state index contributed by atoms with van der Waals surface area (Å²) in [6.45, 7) is 0. The Morgan fingerprint density at radius 1 is 0.444 bits per heavy atom. The molecule has 2 aromatic heterocycles. The highest BCUT2D eigenvalue weighted by atomic mass is 32.1. The van der Waals surface area contributed by atoms with Crippen LogP contribution in [0.4, 0.5) is 0 Å². The molecule has 0 saturated heterocycles. The molecule has 0 radical (unpaired) electrons. The molecular weight excluding hydrogens is 460 g/mol. The number of hydrogen-bond donors (Lipinski definition) is 0. The maximum Gasteiger partial charge on any atom is 0.248 e. The van der Waals surface area contributed by atoms with Gasteiger partial charge in [0.05, 0.1) is 0 Å². The molecule has 7 rings (SSSR count). The zero-order chi connectivity index (χ0) is 23.9. The lowest BCUT2D eigenvalue weighted by Gasteiger charge is -2.11. The number of hydrogen-bond acceptors (Lipinski definition) is 4. The fraction of sp³-hybridized carbons (Fsp3) is 0. The Bertz CT molecular complexity index is 1830. The predicted octanol–water partition coefficient (Wildman–Crippen LogP) is 9.11. The van der Waals surface area contributed by atoms with Crippen LogP contribution in [0.15, 0.2) is 126 Å². The number of benzene rings is 5. The Balaban J connectivity index is 1.29. The van der Waals surface area contributed by atoms with Gasteiger partial charge in [0.2, 0.25) is 11.8 Å². The summed E-state index contributed by atoms with van der Waals surface area (Å²) in [6, 6.07) is 42.1. The van der Waals surface area contributed by atoms with E-state index in [2.05, 4.69) is 101 Å². The first kappa shape index (κ1) is 20.8. The van der Waals surface area contributed by atoms with E-state index < -0.39 is 0 Å². The smallest absolute Gasteiger partial charge is 0.248 e. The van der Waals surface area contributed by atoms with Gasteiger partial charge in [-0.05, 0) is 47.0 Å². The molecule has 170 valence electrons. The van der Waals surface area contributed by atoms with Gasteiger partial charge in [0.25, 0.3) is 0 Å². The molecule has 0 amide bonds. The maximum atomic E-state index is 5.95. The van der Waals surface area contributed by atoms with E-state index in [-0.39, 0.29) is 0 Å². The lowest BCUT2D eigenvalue weighted by atomic mass is 9.93. The zero-order valence-electron chi connectivity index (χ0n) is 19.3. The van der Waals surface area contributed by atoms with Crippen LogP contribution >= 0.6 is 11.3 Å². The van der Waals surface area contributed by atoms with E-state index in [4.69, 9.17) is 4.42 Å². The van der Waals surface area contributed by atoms with E-state index in [1.54, 1.807) is 0 Å². The van der Waals surface area contributed by atoms with Gasteiger partial charge < -0.3 is 4.42 Å². The first-order valence-electron chi connectivity index (χ1n) is 11.8. The third kappa shape index (κ3) is 3.51. The molecule has 0 unspecified atom stereocenters. The van der Waals surface area contributed by atoms with Crippen LogP contribution in [0.25, 0.3) is 65.3 Å². The summed E-state index contributed by atoms with van der Waals surface area (Å²) >= 11 is 1.86. The monoisotopic (exact) mass is 480 g/mol. The Morgan fingerprint density at radius 3 is 1.83 bits per heavy atom. The Labute approximate surface area is 212 Å². The standard InChI is InChI=1S/C32H20N2OS/c1-2-9-22(10-3-1)31-33-34-32(35-31)23-19-17-21(18-20-23)24-11-4-5-12-25(24)27-14-8-15-28-26-13-6-7-16-29(26)36-30(27)28/h1-20H. The second-order valence-electron chi connectivity index (χ2n) is 8.68. The van der Waals surface area contributed by atoms with Crippen LogP contribution in [0.2, 0.25) is 0 Å². The van der Waals surface area contributed by atoms with Crippen LogP contribution in [0, 0.1) is 0 Å². The summed E-state index contributed by atoms with van der Waals surface area (Å²) in [4.78, 5) is 0. The molecule has 0 N–H and O–H groups in total. The topological polar surface area (TPSA) is 38.9 Å². The minimum atomic E-state index is 0.517. The molecular formula is C32H20N2OS. The number of fused-ring (bicyclic) bond motifs is 3. The van der Waals surface area contributed by atoms with Crippen molar-refractivity contribution in [3.8, 4) is 45.2 Å². The second-order valence-corrected chi connectivity index (χ2v) is 9.73. The Hall–Kier alpha value is -4.54. The van der Waals surface area contributed by atoms with Gasteiger partial charge in [-0.2, -0.15) is 0 Å². The third-order valence-corrected chi connectivity index (χ3v) is 7.73. The van der Waals surface area contributed by atoms with Crippen molar-refractivity contribution in [2.24, 2.45) is 0 Å². The van der Waals surface area contributed by atoms with Crippen molar-refractivity contribution >= 4 is 31.5 Å². The normalized spacial score (nSPS) is 11.3. The van der Waals surface area contributed by atoms with E-state index >= 15 is 0 Å². The number of aromatic nitrogens is 2. The molecule has 0 saturated carbocycles. The number of rotatable bonds is 4. The average molecular weight is 481 g/mol. The minimum absolute atomic E-state index is 0.517. The van der Waals surface area contributed by atoms with Crippen LogP contribution in [0.5, 0.6) is 0 Å². The first-order chi connectivity index (χ1) is 17.8. The molecule has 7 aromatic rings. The van der Waals surface area contributed by atoms with Gasteiger partial charge in [0.1, 0.15) is 0 Å². The lowest BCUT2D eigenvalue weighted by molar-refractivity contribution is 0.584. The maximum absolute atomic E-state index is 5.95. The van der Waals surface area contributed by atoms with Gasteiger partial charge in [-0.3, -0.25) is 0 Å². The van der Waals surface area contributed by atoms with Gasteiger partial charge in [0, 0.05) is 36.9 Å². The highest BCUT2D eigenvalue weighted by molar-refractivity contribution is 7.26. The van der Waals surface area contributed by atoms with Gasteiger partial charge in [0.15, 0.2) is 0 Å². The zero-order valence-corrected chi connectivity index (χ0v) is 20.1. The van der Waals surface area contributed by atoms with Gasteiger partial charge in [-0.1, -0.05) is 91.0 Å². The lowest BCUT2D eigenvalue weighted by Crippen LogP contribution is -1.86. The van der Waals surface area contributed by atoms with E-state index in [9.17, 15) is 0 Å². The first-order valence-corrected chi connectivity index (χ1v) is 12.7. The molecule has 36 heavy (non-hydrogen) atoms. The molecule has 4 heteroatoms. The molecule has 0 aliphatic carbocycles. The molecule has 0 fully saturated rings. The molecule has 0 spiro atoms. The van der Waals surface area contributed by atoms with Crippen molar-refractivity contribution in [1.29, 1.82) is 0 Å². The SMILES string of the molecule is c1ccc(-c2nnc(-c3ccc(-c4ccccc4-c4cccc5c4sc4ccccc45)cc3)o2)cc1. The molecule has 2 heterocycles. The molecule has 0 aliphatic rings. The van der Waals surface area contributed by atoms with Crippen molar-refractivity contribution in [3.05, 3.63) is 121 Å². The molecule has 0 aliphatic heterocycles. The van der Waals surface area contributed by atoms with E-state index in [1.807, 2.05) is 41.7 Å². The highest BCUT2D eigenvalue weighted by Crippen LogP contribution is 2.42. The third-order valence-electron chi connectivity index (χ3n) is 6.51. The molecule has 0 bridgehead atoms. The average Bonchev–Trinajstić information content (AvgIpc) is 3.59. The Kier molecular flexibility index (Phi) is 4.97. The minimum Gasteiger partial charge on any atom is -0.416 e. The van der Waals surface area contributed by atoms with Crippen LogP contribution in [-0.4, -0.2) is 10.2 Å². The quantitative estimate of drug-likeness (QED) is 0.252. The molecule has 3 nitrogen and oxygen atoms in total. The summed E-state index contributed by atoms with van der Waals surface area (Å²) in [5.74, 6) is 1.04. The second kappa shape index (κ2) is 8.59. The van der Waals surface area contributed by atoms with Crippen molar-refractivity contribution in [2.75, 3.05) is 0 Å². The van der Waals surface area contributed by atoms with E-state index in [0.717, 1.165) is 16.7 Å². The van der Waals surface area contributed by atoms with Gasteiger partial charge in [-0.25, -0.2) is 0 Å². The van der Waals surface area contributed by atoms with Gasteiger partial charge in [-0.15, -0.1) is 21.5 Å². The van der Waals surface area contributed by atoms with Crippen molar-refractivity contribution < 1.29 is 4.42 Å². The van der Waals surface area contributed by atoms with Crippen molar-refractivity contribution in [3.63, 3.8) is 0 Å². The number of thiophene rings is 1. The predicted molar refractivity (Wildman–Crippen MR) is 149 cm³/mol. The summed E-state index contributed by atoms with van der Waals surface area (Å²) < 4.78 is 8.59. The summed E-state index contributed by atoms with van der Waals surface area (Å²) in [5.41, 5.74) is 6.65. The number of nitrogens with zero attached hydrogens (tertiary/aromatic N) is 2. The van der Waals surface area contributed by atoms with Crippen LogP contribution in [0.1, 0.15) is 0 Å². The summed E-state index contributed by atoms with van der Waals surface area (Å²) in [6.07, 6.45) is 0. The van der Waals surface area contributed by atoms with E-state index in [0.29, 0.717) is 11.8 Å².